The molecule has 1 aromatic heterocycles. The standard InChI is InChI=1S/C14H17ClN2O2/c1-9(18)14-16-12-5-4-10(15)7-13(12)17(14)8-11-3-2-6-19-11/h4-5,7,9,11,18H,2-3,6,8H2,1H3. The number of aromatic nitrogens is 2. The van der Waals surface area contributed by atoms with Gasteiger partial charge in [-0.3, -0.25) is 0 Å². The van der Waals surface area contributed by atoms with Crippen LogP contribution >= 0.6 is 11.6 Å². The highest BCUT2D eigenvalue weighted by atomic mass is 35.5. The average molecular weight is 281 g/mol. The number of ether oxygens (including phenoxy) is 1. The number of nitrogens with zero attached hydrogens (tertiary/aromatic N) is 2. The second-order valence-electron chi connectivity index (χ2n) is 5.02. The lowest BCUT2D eigenvalue weighted by atomic mass is 10.2. The molecule has 1 aliphatic rings. The first-order valence-electron chi connectivity index (χ1n) is 6.60. The van der Waals surface area contributed by atoms with Crippen molar-refractivity contribution in [3.05, 3.63) is 29.0 Å². The second kappa shape index (κ2) is 5.12. The topological polar surface area (TPSA) is 47.3 Å². The minimum Gasteiger partial charge on any atom is -0.385 e. The van der Waals surface area contributed by atoms with E-state index in [0.717, 1.165) is 37.0 Å². The molecule has 0 aliphatic carbocycles. The second-order valence-corrected chi connectivity index (χ2v) is 5.46. The van der Waals surface area contributed by atoms with Gasteiger partial charge in [0.1, 0.15) is 11.9 Å². The molecule has 3 rings (SSSR count). The van der Waals surface area contributed by atoms with E-state index in [4.69, 9.17) is 16.3 Å². The number of hydrogen-bond acceptors (Lipinski definition) is 3. The maximum Gasteiger partial charge on any atom is 0.138 e. The van der Waals surface area contributed by atoms with Gasteiger partial charge in [0.15, 0.2) is 0 Å². The molecule has 2 heterocycles. The van der Waals surface area contributed by atoms with Crippen LogP contribution in [-0.2, 0) is 11.3 Å². The lowest BCUT2D eigenvalue weighted by molar-refractivity contribution is 0.0940. The fourth-order valence-electron chi connectivity index (χ4n) is 2.62. The van der Waals surface area contributed by atoms with Gasteiger partial charge in [0.05, 0.1) is 23.7 Å². The van der Waals surface area contributed by atoms with Crippen LogP contribution in [0.5, 0.6) is 0 Å². The molecule has 1 aliphatic heterocycles. The lowest BCUT2D eigenvalue weighted by Crippen LogP contribution is -2.18. The van der Waals surface area contributed by atoms with E-state index in [-0.39, 0.29) is 6.10 Å². The van der Waals surface area contributed by atoms with Crippen LogP contribution in [-0.4, -0.2) is 27.4 Å². The highest BCUT2D eigenvalue weighted by Crippen LogP contribution is 2.26. The molecule has 0 radical (unpaired) electrons. The molecule has 2 unspecified atom stereocenters. The third-order valence-corrected chi connectivity index (χ3v) is 3.76. The van der Waals surface area contributed by atoms with Gasteiger partial charge in [0.2, 0.25) is 0 Å². The quantitative estimate of drug-likeness (QED) is 0.940. The summed E-state index contributed by atoms with van der Waals surface area (Å²) in [6.07, 6.45) is 1.75. The maximum absolute atomic E-state index is 9.89. The fourth-order valence-corrected chi connectivity index (χ4v) is 2.78. The molecule has 0 saturated carbocycles. The van der Waals surface area contributed by atoms with Gasteiger partial charge in [-0.1, -0.05) is 11.6 Å². The number of hydrogen-bond donors (Lipinski definition) is 1. The minimum atomic E-state index is -0.604. The molecule has 19 heavy (non-hydrogen) atoms. The summed E-state index contributed by atoms with van der Waals surface area (Å²) < 4.78 is 7.71. The number of halogens is 1. The van der Waals surface area contributed by atoms with Gasteiger partial charge >= 0.3 is 0 Å². The summed E-state index contributed by atoms with van der Waals surface area (Å²) >= 11 is 6.06. The van der Waals surface area contributed by atoms with Gasteiger partial charge < -0.3 is 14.4 Å². The molecule has 2 aromatic rings. The van der Waals surface area contributed by atoms with Gasteiger partial charge in [0, 0.05) is 11.6 Å². The zero-order chi connectivity index (χ0) is 13.4. The van der Waals surface area contributed by atoms with E-state index < -0.39 is 6.10 Å². The minimum absolute atomic E-state index is 0.203. The molecule has 2 atom stereocenters. The molecule has 5 heteroatoms. The summed E-state index contributed by atoms with van der Waals surface area (Å²) in [5, 5.41) is 10.6. The number of aliphatic hydroxyl groups is 1. The molecule has 1 fully saturated rings. The van der Waals surface area contributed by atoms with E-state index in [1.165, 1.54) is 0 Å². The predicted octanol–water partition coefficient (Wildman–Crippen LogP) is 2.92. The molecule has 1 N–H and O–H groups in total. The lowest BCUT2D eigenvalue weighted by Gasteiger charge is -2.15. The van der Waals surface area contributed by atoms with Crippen LogP contribution < -0.4 is 0 Å². The molecular weight excluding hydrogens is 264 g/mol. The van der Waals surface area contributed by atoms with Gasteiger partial charge in [-0.05, 0) is 38.0 Å². The maximum atomic E-state index is 9.89. The van der Waals surface area contributed by atoms with Gasteiger partial charge in [0.25, 0.3) is 0 Å². The number of fused-ring (bicyclic) bond motifs is 1. The van der Waals surface area contributed by atoms with E-state index >= 15 is 0 Å². The first-order valence-corrected chi connectivity index (χ1v) is 6.98. The van der Waals surface area contributed by atoms with Crippen LogP contribution in [0.1, 0.15) is 31.7 Å². The number of aliphatic hydroxyl groups excluding tert-OH is 1. The summed E-state index contributed by atoms with van der Waals surface area (Å²) in [7, 11) is 0. The monoisotopic (exact) mass is 280 g/mol. The summed E-state index contributed by atoms with van der Waals surface area (Å²) in [5.41, 5.74) is 1.82. The van der Waals surface area contributed by atoms with Crippen LogP contribution in [0.2, 0.25) is 5.02 Å². The number of imidazole rings is 1. The van der Waals surface area contributed by atoms with Crippen molar-refractivity contribution in [3.63, 3.8) is 0 Å². The van der Waals surface area contributed by atoms with Crippen molar-refractivity contribution >= 4 is 22.6 Å². The van der Waals surface area contributed by atoms with E-state index in [1.807, 2.05) is 22.8 Å². The van der Waals surface area contributed by atoms with Gasteiger partial charge in [-0.25, -0.2) is 4.98 Å². The third kappa shape index (κ3) is 2.48. The highest BCUT2D eigenvalue weighted by molar-refractivity contribution is 6.31. The summed E-state index contributed by atoms with van der Waals surface area (Å²) in [6.45, 7) is 3.27. The Morgan fingerprint density at radius 1 is 1.58 bits per heavy atom. The van der Waals surface area contributed by atoms with E-state index in [2.05, 4.69) is 4.98 Å². The average Bonchev–Trinajstić information content (AvgIpc) is 2.98. The molecule has 0 spiro atoms. The van der Waals surface area contributed by atoms with Crippen molar-refractivity contribution in [3.8, 4) is 0 Å². The number of benzene rings is 1. The van der Waals surface area contributed by atoms with Crippen molar-refractivity contribution in [2.45, 2.75) is 38.5 Å². The SMILES string of the molecule is CC(O)c1nc2ccc(Cl)cc2n1CC1CCCO1. The Bertz CT molecular complexity index is 588. The van der Waals surface area contributed by atoms with Crippen LogP contribution in [0, 0.1) is 0 Å². The predicted molar refractivity (Wildman–Crippen MR) is 74.4 cm³/mol. The molecule has 0 bridgehead atoms. The smallest absolute Gasteiger partial charge is 0.138 e. The summed E-state index contributed by atoms with van der Waals surface area (Å²) in [4.78, 5) is 4.49. The van der Waals surface area contributed by atoms with Gasteiger partial charge in [-0.2, -0.15) is 0 Å². The Balaban J connectivity index is 2.06. The third-order valence-electron chi connectivity index (χ3n) is 3.52. The highest BCUT2D eigenvalue weighted by Gasteiger charge is 2.21. The molecule has 1 saturated heterocycles. The number of rotatable bonds is 3. The first kappa shape index (κ1) is 12.9. The van der Waals surface area contributed by atoms with E-state index in [0.29, 0.717) is 10.8 Å². The molecule has 102 valence electrons. The van der Waals surface area contributed by atoms with Crippen molar-refractivity contribution in [1.82, 2.24) is 9.55 Å². The Morgan fingerprint density at radius 3 is 3.11 bits per heavy atom. The Morgan fingerprint density at radius 2 is 2.42 bits per heavy atom. The zero-order valence-corrected chi connectivity index (χ0v) is 11.6. The Kier molecular flexibility index (Phi) is 3.48. The van der Waals surface area contributed by atoms with Crippen LogP contribution in [0.25, 0.3) is 11.0 Å². The van der Waals surface area contributed by atoms with Crippen LogP contribution in [0.15, 0.2) is 18.2 Å². The first-order chi connectivity index (χ1) is 9.15. The zero-order valence-electron chi connectivity index (χ0n) is 10.8. The van der Waals surface area contributed by atoms with Crippen LogP contribution in [0.3, 0.4) is 0 Å². The molecule has 1 aromatic carbocycles. The molecule has 0 amide bonds. The Labute approximate surface area is 117 Å². The van der Waals surface area contributed by atoms with E-state index in [1.54, 1.807) is 6.92 Å². The van der Waals surface area contributed by atoms with Crippen molar-refractivity contribution in [2.75, 3.05) is 6.61 Å². The van der Waals surface area contributed by atoms with Crippen LogP contribution in [0.4, 0.5) is 0 Å². The van der Waals surface area contributed by atoms with Gasteiger partial charge in [-0.15, -0.1) is 0 Å². The fraction of sp³-hybridized carbons (Fsp3) is 0.500. The summed E-state index contributed by atoms with van der Waals surface area (Å²) in [5.74, 6) is 0.674. The normalized spacial score (nSPS) is 21.1. The summed E-state index contributed by atoms with van der Waals surface area (Å²) in [6, 6.07) is 5.60. The van der Waals surface area contributed by atoms with Crippen molar-refractivity contribution in [2.24, 2.45) is 0 Å². The van der Waals surface area contributed by atoms with E-state index in [9.17, 15) is 5.11 Å². The molecule has 4 nitrogen and oxygen atoms in total. The Hall–Kier alpha value is -1.10. The van der Waals surface area contributed by atoms with Crippen molar-refractivity contribution < 1.29 is 9.84 Å². The largest absolute Gasteiger partial charge is 0.385 e. The van der Waals surface area contributed by atoms with Crippen molar-refractivity contribution in [1.29, 1.82) is 0 Å². The molecular formula is C14H17ClN2O2.